The second-order valence-corrected chi connectivity index (χ2v) is 7.72. The van der Waals surface area contributed by atoms with E-state index in [9.17, 15) is 9.59 Å². The third kappa shape index (κ3) is 7.07. The number of carbonyl (C=O) groups excluding carboxylic acids is 2. The number of nitrogens with zero attached hydrogens (tertiary/aromatic N) is 2. The smallest absolute Gasteiger partial charge is 0.235 e. The number of rotatable bonds is 8. The van der Waals surface area contributed by atoms with Gasteiger partial charge in [-0.3, -0.25) is 14.5 Å². The van der Waals surface area contributed by atoms with E-state index in [4.69, 9.17) is 4.52 Å². The molecule has 140 valence electrons. The molecule has 1 fully saturated rings. The number of anilines is 1. The standard InChI is InChI=1S/C17H28N4O3S/c1-12-4-6-21(7-5-12)13(2)9-18-16(22)10-25-11-17(23)19-15-8-14(3)24-20-15/h8,12-13H,4-7,9-11H2,1-3H3,(H,18,22)(H,19,20,23)/t13-/m0/s1. The molecule has 2 N–H and O–H groups in total. The number of aryl methyl sites for hydroxylation is 1. The lowest BCUT2D eigenvalue weighted by Crippen LogP contribution is -2.45. The van der Waals surface area contributed by atoms with Gasteiger partial charge in [0.2, 0.25) is 11.8 Å². The van der Waals surface area contributed by atoms with Gasteiger partial charge in [0.25, 0.3) is 0 Å². The van der Waals surface area contributed by atoms with E-state index in [2.05, 4.69) is 34.5 Å². The first-order valence-corrected chi connectivity index (χ1v) is 9.91. The van der Waals surface area contributed by atoms with E-state index in [0.717, 1.165) is 19.0 Å². The minimum atomic E-state index is -0.193. The lowest BCUT2D eigenvalue weighted by atomic mass is 9.98. The zero-order valence-corrected chi connectivity index (χ0v) is 16.0. The van der Waals surface area contributed by atoms with Gasteiger partial charge in [-0.1, -0.05) is 12.1 Å². The molecule has 2 amide bonds. The van der Waals surface area contributed by atoms with Gasteiger partial charge >= 0.3 is 0 Å². The van der Waals surface area contributed by atoms with E-state index in [1.165, 1.54) is 24.6 Å². The molecule has 25 heavy (non-hydrogen) atoms. The number of thioether (sulfide) groups is 1. The first-order chi connectivity index (χ1) is 11.9. The van der Waals surface area contributed by atoms with Crippen LogP contribution in [0.2, 0.25) is 0 Å². The van der Waals surface area contributed by atoms with Crippen molar-refractivity contribution in [1.29, 1.82) is 0 Å². The van der Waals surface area contributed by atoms with Crippen molar-refractivity contribution in [2.75, 3.05) is 36.5 Å². The summed E-state index contributed by atoms with van der Waals surface area (Å²) >= 11 is 1.29. The Morgan fingerprint density at radius 2 is 2.04 bits per heavy atom. The van der Waals surface area contributed by atoms with Crippen LogP contribution in [-0.2, 0) is 9.59 Å². The Labute approximate surface area is 153 Å². The molecule has 1 aromatic heterocycles. The van der Waals surface area contributed by atoms with Crippen molar-refractivity contribution >= 4 is 29.4 Å². The molecule has 0 radical (unpaired) electrons. The summed E-state index contributed by atoms with van der Waals surface area (Å²) in [6.45, 7) is 9.06. The lowest BCUT2D eigenvalue weighted by molar-refractivity contribution is -0.118. The molecule has 2 heterocycles. The second kappa shape index (κ2) is 9.82. The normalized spacial score (nSPS) is 17.2. The molecule has 1 aromatic rings. The molecule has 1 aliphatic rings. The van der Waals surface area contributed by atoms with Crippen molar-refractivity contribution < 1.29 is 14.1 Å². The molecule has 8 heteroatoms. The third-order valence-corrected chi connectivity index (χ3v) is 5.33. The zero-order valence-electron chi connectivity index (χ0n) is 15.2. The summed E-state index contributed by atoms with van der Waals surface area (Å²) in [5.41, 5.74) is 0. The maximum absolute atomic E-state index is 11.9. The van der Waals surface area contributed by atoms with Crippen LogP contribution < -0.4 is 10.6 Å². The minimum absolute atomic E-state index is 0.0349. The van der Waals surface area contributed by atoms with Gasteiger partial charge in [0.1, 0.15) is 5.76 Å². The Morgan fingerprint density at radius 1 is 1.36 bits per heavy atom. The number of amides is 2. The van der Waals surface area contributed by atoms with E-state index in [1.807, 2.05) is 0 Å². The third-order valence-electron chi connectivity index (χ3n) is 4.40. The van der Waals surface area contributed by atoms with Crippen LogP contribution in [0.15, 0.2) is 10.6 Å². The molecule has 0 saturated carbocycles. The van der Waals surface area contributed by atoms with Gasteiger partial charge in [-0.05, 0) is 45.7 Å². The van der Waals surface area contributed by atoms with Gasteiger partial charge in [0.15, 0.2) is 5.82 Å². The lowest BCUT2D eigenvalue weighted by Gasteiger charge is -2.35. The number of likely N-dealkylation sites (tertiary alicyclic amines) is 1. The van der Waals surface area contributed by atoms with Crippen molar-refractivity contribution in [3.63, 3.8) is 0 Å². The molecule has 1 atom stereocenters. The molecule has 1 saturated heterocycles. The molecule has 1 aliphatic heterocycles. The van der Waals surface area contributed by atoms with E-state index in [-0.39, 0.29) is 23.3 Å². The highest BCUT2D eigenvalue weighted by Gasteiger charge is 2.20. The summed E-state index contributed by atoms with van der Waals surface area (Å²) in [6, 6.07) is 2.00. The fourth-order valence-electron chi connectivity index (χ4n) is 2.75. The average Bonchev–Trinajstić information content (AvgIpc) is 2.98. The molecule has 2 rings (SSSR count). The maximum Gasteiger partial charge on any atom is 0.235 e. The molecule has 0 bridgehead atoms. The monoisotopic (exact) mass is 368 g/mol. The molecule has 0 aliphatic carbocycles. The molecule has 0 unspecified atom stereocenters. The Hall–Kier alpha value is -1.54. The SMILES string of the molecule is Cc1cc(NC(=O)CSCC(=O)NC[C@H](C)N2CCC(C)CC2)no1. The van der Waals surface area contributed by atoms with Crippen molar-refractivity contribution in [2.45, 2.75) is 39.7 Å². The van der Waals surface area contributed by atoms with Gasteiger partial charge in [-0.2, -0.15) is 0 Å². The average molecular weight is 369 g/mol. The Morgan fingerprint density at radius 3 is 2.68 bits per heavy atom. The molecule has 7 nitrogen and oxygen atoms in total. The minimum Gasteiger partial charge on any atom is -0.360 e. The molecular formula is C17H28N4O3S. The van der Waals surface area contributed by atoms with E-state index >= 15 is 0 Å². The number of hydrogen-bond acceptors (Lipinski definition) is 6. The van der Waals surface area contributed by atoms with Gasteiger partial charge in [-0.15, -0.1) is 11.8 Å². The van der Waals surface area contributed by atoms with Crippen LogP contribution in [0.3, 0.4) is 0 Å². The first-order valence-electron chi connectivity index (χ1n) is 8.75. The fourth-order valence-corrected chi connectivity index (χ4v) is 3.40. The highest BCUT2D eigenvalue weighted by Crippen LogP contribution is 2.17. The van der Waals surface area contributed by atoms with Crippen molar-refractivity contribution in [2.24, 2.45) is 5.92 Å². The molecule has 0 aromatic carbocycles. The van der Waals surface area contributed by atoms with E-state index in [1.54, 1.807) is 13.0 Å². The largest absolute Gasteiger partial charge is 0.360 e. The number of hydrogen-bond donors (Lipinski definition) is 2. The summed E-state index contributed by atoms with van der Waals surface area (Å²) in [4.78, 5) is 26.1. The van der Waals surface area contributed by atoms with Crippen LogP contribution in [-0.4, -0.2) is 59.1 Å². The summed E-state index contributed by atoms with van der Waals surface area (Å²) in [5.74, 6) is 2.10. The number of piperidine rings is 1. The predicted molar refractivity (Wildman–Crippen MR) is 99.6 cm³/mol. The summed E-state index contributed by atoms with van der Waals surface area (Å²) in [5, 5.41) is 9.28. The maximum atomic E-state index is 11.9. The number of aromatic nitrogens is 1. The zero-order chi connectivity index (χ0) is 18.2. The van der Waals surface area contributed by atoms with Crippen LogP contribution in [0, 0.1) is 12.8 Å². The Kier molecular flexibility index (Phi) is 7.77. The number of nitrogens with one attached hydrogen (secondary N) is 2. The van der Waals surface area contributed by atoms with Crippen molar-refractivity contribution in [3.05, 3.63) is 11.8 Å². The van der Waals surface area contributed by atoms with E-state index in [0.29, 0.717) is 24.2 Å². The highest BCUT2D eigenvalue weighted by molar-refractivity contribution is 8.00. The number of carbonyl (C=O) groups is 2. The predicted octanol–water partition coefficient (Wildman–Crippen LogP) is 1.89. The Bertz CT molecular complexity index is 570. The van der Waals surface area contributed by atoms with Crippen molar-refractivity contribution in [1.82, 2.24) is 15.4 Å². The van der Waals surface area contributed by atoms with Crippen LogP contribution in [0.25, 0.3) is 0 Å². The Balaban J connectivity index is 1.56. The second-order valence-electron chi connectivity index (χ2n) is 6.74. The van der Waals surface area contributed by atoms with Gasteiger partial charge in [-0.25, -0.2) is 0 Å². The molecule has 0 spiro atoms. The molecular weight excluding hydrogens is 340 g/mol. The van der Waals surface area contributed by atoms with Crippen LogP contribution in [0.1, 0.15) is 32.4 Å². The summed E-state index contributed by atoms with van der Waals surface area (Å²) < 4.78 is 4.88. The van der Waals surface area contributed by atoms with Crippen LogP contribution in [0.4, 0.5) is 5.82 Å². The van der Waals surface area contributed by atoms with E-state index < -0.39 is 0 Å². The highest BCUT2D eigenvalue weighted by atomic mass is 32.2. The quantitative estimate of drug-likeness (QED) is 0.729. The summed E-state index contributed by atoms with van der Waals surface area (Å²) in [7, 11) is 0. The topological polar surface area (TPSA) is 87.5 Å². The van der Waals surface area contributed by atoms with Gasteiger partial charge < -0.3 is 15.2 Å². The van der Waals surface area contributed by atoms with Crippen LogP contribution >= 0.6 is 11.8 Å². The van der Waals surface area contributed by atoms with Gasteiger partial charge in [0, 0.05) is 18.7 Å². The summed E-state index contributed by atoms with van der Waals surface area (Å²) in [6.07, 6.45) is 2.46. The van der Waals surface area contributed by atoms with Gasteiger partial charge in [0.05, 0.1) is 11.5 Å². The first kappa shape index (κ1) is 19.8. The van der Waals surface area contributed by atoms with Crippen molar-refractivity contribution in [3.8, 4) is 0 Å². The van der Waals surface area contributed by atoms with Crippen LogP contribution in [0.5, 0.6) is 0 Å². The fraction of sp³-hybridized carbons (Fsp3) is 0.706.